The molecule has 8 rings (SSSR count). The number of nitrogens with zero attached hydrogens (tertiary/aromatic N) is 2. The van der Waals surface area contributed by atoms with Crippen LogP contribution in [0.2, 0.25) is 0 Å². The van der Waals surface area contributed by atoms with Crippen molar-refractivity contribution < 1.29 is 8.83 Å². The summed E-state index contributed by atoms with van der Waals surface area (Å²) in [5.41, 5.74) is 9.05. The number of aromatic nitrogens is 2. The summed E-state index contributed by atoms with van der Waals surface area (Å²) in [5, 5.41) is 4.88. The Kier molecular flexibility index (Phi) is 5.75. The van der Waals surface area contributed by atoms with Crippen molar-refractivity contribution >= 4 is 21.5 Å². The molecule has 6 aromatic carbocycles. The van der Waals surface area contributed by atoms with Crippen LogP contribution >= 0.6 is 0 Å². The van der Waals surface area contributed by atoms with Crippen molar-refractivity contribution in [3.8, 4) is 56.3 Å². The van der Waals surface area contributed by atoms with Crippen LogP contribution < -0.4 is 0 Å². The average Bonchev–Trinajstić information content (AvgIpc) is 3.80. The molecule has 0 N–H and O–H groups in total. The van der Waals surface area contributed by atoms with Crippen molar-refractivity contribution in [2.45, 2.75) is 0 Å². The second kappa shape index (κ2) is 10.0. The Balaban J connectivity index is 1.23. The van der Waals surface area contributed by atoms with Gasteiger partial charge < -0.3 is 8.83 Å². The van der Waals surface area contributed by atoms with E-state index in [1.807, 2.05) is 0 Å². The molecule has 0 spiro atoms. The highest BCUT2D eigenvalue weighted by Crippen LogP contribution is 2.41. The van der Waals surface area contributed by atoms with Gasteiger partial charge >= 0.3 is 0 Å². The van der Waals surface area contributed by atoms with E-state index in [9.17, 15) is 0 Å². The molecule has 0 aliphatic rings. The summed E-state index contributed by atoms with van der Waals surface area (Å²) in [6.07, 6.45) is 6.53. The van der Waals surface area contributed by atoms with E-state index in [1.165, 1.54) is 43.8 Å². The Hall–Kier alpha value is -5.74. The summed E-state index contributed by atoms with van der Waals surface area (Å²) in [6, 6.07) is 43.1. The first-order valence-corrected chi connectivity index (χ1v) is 13.9. The van der Waals surface area contributed by atoms with Gasteiger partial charge in [-0.15, -0.1) is 0 Å². The van der Waals surface area contributed by atoms with Crippen molar-refractivity contribution in [2.75, 3.05) is 0 Å². The summed E-state index contributed by atoms with van der Waals surface area (Å²) in [4.78, 5) is 8.55. The van der Waals surface area contributed by atoms with E-state index in [2.05, 4.69) is 131 Å². The molecular formula is C38H24N2O2. The Morgan fingerprint density at radius 3 is 1.02 bits per heavy atom. The average molecular weight is 541 g/mol. The molecule has 2 aromatic heterocycles. The van der Waals surface area contributed by atoms with Gasteiger partial charge in [-0.25, -0.2) is 9.97 Å². The zero-order chi connectivity index (χ0) is 27.9. The lowest BCUT2D eigenvalue weighted by Gasteiger charge is -2.16. The third-order valence-corrected chi connectivity index (χ3v) is 7.89. The first kappa shape index (κ1) is 24.1. The van der Waals surface area contributed by atoms with Gasteiger partial charge in [-0.1, -0.05) is 97.1 Å². The fourth-order valence-electron chi connectivity index (χ4n) is 5.89. The third kappa shape index (κ3) is 4.09. The van der Waals surface area contributed by atoms with Crippen molar-refractivity contribution in [2.24, 2.45) is 0 Å². The van der Waals surface area contributed by atoms with Crippen LogP contribution in [0.1, 0.15) is 0 Å². The summed E-state index contributed by atoms with van der Waals surface area (Å²) in [7, 11) is 0. The zero-order valence-electron chi connectivity index (χ0n) is 22.6. The lowest BCUT2D eigenvalue weighted by Crippen LogP contribution is -1.89. The molecule has 0 aliphatic carbocycles. The number of oxazole rings is 2. The van der Waals surface area contributed by atoms with E-state index < -0.39 is 0 Å². The molecule has 0 unspecified atom stereocenters. The van der Waals surface area contributed by atoms with Crippen LogP contribution in [0.5, 0.6) is 0 Å². The monoisotopic (exact) mass is 540 g/mol. The predicted molar refractivity (Wildman–Crippen MR) is 169 cm³/mol. The van der Waals surface area contributed by atoms with E-state index in [-0.39, 0.29) is 0 Å². The van der Waals surface area contributed by atoms with Crippen molar-refractivity contribution in [1.82, 2.24) is 9.97 Å². The Bertz CT molecular complexity index is 2000. The van der Waals surface area contributed by atoms with E-state index in [4.69, 9.17) is 8.83 Å². The number of rotatable bonds is 5. The molecule has 0 amide bonds. The van der Waals surface area contributed by atoms with Gasteiger partial charge in [-0.2, -0.15) is 0 Å². The normalized spacial score (nSPS) is 11.3. The number of fused-ring (bicyclic) bond motifs is 2. The van der Waals surface area contributed by atoms with Crippen molar-refractivity contribution in [3.63, 3.8) is 0 Å². The molecule has 42 heavy (non-hydrogen) atoms. The maximum Gasteiger partial charge on any atom is 0.225 e. The number of benzene rings is 6. The molecule has 0 saturated carbocycles. The predicted octanol–water partition coefficient (Wildman–Crippen LogP) is 10.3. The van der Waals surface area contributed by atoms with Crippen LogP contribution in [0.25, 0.3) is 77.8 Å². The van der Waals surface area contributed by atoms with Crippen LogP contribution in [0.4, 0.5) is 0 Å². The van der Waals surface area contributed by atoms with Gasteiger partial charge in [-0.3, -0.25) is 0 Å². The third-order valence-electron chi connectivity index (χ3n) is 7.89. The van der Waals surface area contributed by atoms with Crippen LogP contribution in [-0.4, -0.2) is 9.97 Å². The van der Waals surface area contributed by atoms with Gasteiger partial charge in [0.2, 0.25) is 11.8 Å². The number of hydrogen-bond donors (Lipinski definition) is 0. The highest BCUT2D eigenvalue weighted by atomic mass is 16.3. The largest absolute Gasteiger partial charge is 0.445 e. The fourth-order valence-corrected chi connectivity index (χ4v) is 5.89. The molecule has 0 fully saturated rings. The molecule has 0 radical (unpaired) electrons. The summed E-state index contributed by atoms with van der Waals surface area (Å²) in [6.45, 7) is 0. The Morgan fingerprint density at radius 1 is 0.333 bits per heavy atom. The van der Waals surface area contributed by atoms with Crippen LogP contribution in [0, 0.1) is 0 Å². The van der Waals surface area contributed by atoms with Gasteiger partial charge in [0.25, 0.3) is 0 Å². The molecule has 4 nitrogen and oxygen atoms in total. The minimum atomic E-state index is 0.627. The second-order valence-corrected chi connectivity index (χ2v) is 10.2. The van der Waals surface area contributed by atoms with Gasteiger partial charge in [0.05, 0.1) is 12.4 Å². The van der Waals surface area contributed by atoms with Gasteiger partial charge in [0, 0.05) is 11.1 Å². The van der Waals surface area contributed by atoms with Gasteiger partial charge in [0.15, 0.2) is 0 Å². The summed E-state index contributed by atoms with van der Waals surface area (Å²) in [5.74, 6) is 1.25. The Morgan fingerprint density at radius 2 is 0.667 bits per heavy atom. The van der Waals surface area contributed by atoms with E-state index in [1.54, 1.807) is 24.9 Å². The highest BCUT2D eigenvalue weighted by molar-refractivity contribution is 6.12. The molecule has 2 heterocycles. The molecule has 0 atom stereocenters. The molecule has 4 heteroatoms. The Labute approximate surface area is 242 Å². The standard InChI is InChI=1S/C38H24N2O2/c1-3-7-33-31(5-1)29(25-9-13-27(14-10-25)37-39-21-23-41-37)17-19-35(33)36-20-18-30(32-6-2-4-8-34(32)36)26-11-15-28(16-12-26)38-40-22-24-42-38/h1-24H. The quantitative estimate of drug-likeness (QED) is 0.218. The smallest absolute Gasteiger partial charge is 0.225 e. The van der Waals surface area contributed by atoms with Crippen molar-refractivity contribution in [1.29, 1.82) is 0 Å². The molecule has 198 valence electrons. The first-order chi connectivity index (χ1) is 20.8. The fraction of sp³-hybridized carbons (Fsp3) is 0. The van der Waals surface area contributed by atoms with Crippen LogP contribution in [-0.2, 0) is 0 Å². The van der Waals surface area contributed by atoms with E-state index in [0.29, 0.717) is 11.8 Å². The minimum absolute atomic E-state index is 0.627. The van der Waals surface area contributed by atoms with Crippen LogP contribution in [0.15, 0.2) is 155 Å². The molecule has 0 aliphatic heterocycles. The molecule has 8 aromatic rings. The molecular weight excluding hydrogens is 516 g/mol. The van der Waals surface area contributed by atoms with Gasteiger partial charge in [-0.05, 0) is 79.2 Å². The first-order valence-electron chi connectivity index (χ1n) is 13.9. The SMILES string of the molecule is c1ccc2c(-c3ccc(-c4ccc(-c5ncco5)cc4)c4ccccc34)ccc(-c3ccc(-c4ncco4)cc3)c2c1. The highest BCUT2D eigenvalue weighted by Gasteiger charge is 2.14. The topological polar surface area (TPSA) is 52.1 Å². The lowest BCUT2D eigenvalue weighted by atomic mass is 9.88. The molecule has 0 bridgehead atoms. The summed E-state index contributed by atoms with van der Waals surface area (Å²) >= 11 is 0. The number of hydrogen-bond acceptors (Lipinski definition) is 4. The van der Waals surface area contributed by atoms with Gasteiger partial charge in [0.1, 0.15) is 12.5 Å². The maximum atomic E-state index is 5.47. The minimum Gasteiger partial charge on any atom is -0.445 e. The zero-order valence-corrected chi connectivity index (χ0v) is 22.6. The maximum absolute atomic E-state index is 5.47. The van der Waals surface area contributed by atoms with E-state index >= 15 is 0 Å². The van der Waals surface area contributed by atoms with E-state index in [0.717, 1.165) is 22.3 Å². The molecule has 0 saturated heterocycles. The van der Waals surface area contributed by atoms with Crippen LogP contribution in [0.3, 0.4) is 0 Å². The second-order valence-electron chi connectivity index (χ2n) is 10.2. The lowest BCUT2D eigenvalue weighted by molar-refractivity contribution is 0.574. The van der Waals surface area contributed by atoms with Crippen molar-refractivity contribution in [3.05, 3.63) is 146 Å². The summed E-state index contributed by atoms with van der Waals surface area (Å²) < 4.78 is 10.9.